The highest BCUT2D eigenvalue weighted by Gasteiger charge is 2.31. The van der Waals surface area contributed by atoms with Gasteiger partial charge in [0.1, 0.15) is 30.0 Å². The van der Waals surface area contributed by atoms with E-state index in [1.165, 1.54) is 6.42 Å². The van der Waals surface area contributed by atoms with Gasteiger partial charge in [0, 0.05) is 24.7 Å². The number of piperidine rings is 1. The van der Waals surface area contributed by atoms with Crippen molar-refractivity contribution >= 4 is 23.4 Å². The molecule has 1 aliphatic carbocycles. The van der Waals surface area contributed by atoms with Crippen LogP contribution in [0.25, 0.3) is 11.3 Å². The number of rotatable bonds is 10. The first kappa shape index (κ1) is 33.9. The molecule has 2 amide bonds. The van der Waals surface area contributed by atoms with Gasteiger partial charge in [-0.15, -0.1) is 10.2 Å². The van der Waals surface area contributed by atoms with Gasteiger partial charge < -0.3 is 24.8 Å². The van der Waals surface area contributed by atoms with E-state index < -0.39 is 11.4 Å². The lowest BCUT2D eigenvalue weighted by molar-refractivity contribution is 0.171. The van der Waals surface area contributed by atoms with E-state index in [0.29, 0.717) is 41.8 Å². The first-order valence-electron chi connectivity index (χ1n) is 17.5. The number of fused-ring (bicyclic) bond motifs is 2. The lowest BCUT2D eigenvalue weighted by Crippen LogP contribution is -2.38. The van der Waals surface area contributed by atoms with Gasteiger partial charge in [-0.1, -0.05) is 30.3 Å². The van der Waals surface area contributed by atoms with Crippen molar-refractivity contribution in [1.29, 1.82) is 5.26 Å². The molecule has 4 heterocycles. The molecule has 0 unspecified atom stereocenters. The number of urea groups is 1. The van der Waals surface area contributed by atoms with Gasteiger partial charge in [-0.25, -0.2) is 9.48 Å². The lowest BCUT2D eigenvalue weighted by Gasteiger charge is -2.33. The van der Waals surface area contributed by atoms with E-state index in [2.05, 4.69) is 44.8 Å². The predicted octanol–water partition coefficient (Wildman–Crippen LogP) is 6.24. The van der Waals surface area contributed by atoms with Crippen LogP contribution in [0.1, 0.15) is 81.8 Å². The van der Waals surface area contributed by atoms with Crippen LogP contribution in [0.4, 0.5) is 16.6 Å². The van der Waals surface area contributed by atoms with E-state index in [-0.39, 0.29) is 25.4 Å². The van der Waals surface area contributed by atoms with Crippen LogP contribution in [-0.4, -0.2) is 61.3 Å². The summed E-state index contributed by atoms with van der Waals surface area (Å²) in [6.45, 7) is 6.78. The van der Waals surface area contributed by atoms with E-state index in [9.17, 15) is 15.2 Å². The Morgan fingerprint density at radius 2 is 1.86 bits per heavy atom. The summed E-state index contributed by atoms with van der Waals surface area (Å²) in [5.74, 6) is 2.52. The summed E-state index contributed by atoms with van der Waals surface area (Å²) in [6, 6.07) is 22.9. The van der Waals surface area contributed by atoms with Crippen LogP contribution in [0.2, 0.25) is 0 Å². The van der Waals surface area contributed by atoms with Crippen molar-refractivity contribution in [2.75, 3.05) is 30.0 Å². The van der Waals surface area contributed by atoms with Gasteiger partial charge in [-0.3, -0.25) is 9.72 Å². The zero-order valence-corrected chi connectivity index (χ0v) is 29.1. The van der Waals surface area contributed by atoms with E-state index >= 15 is 0 Å². The first-order chi connectivity index (χ1) is 24.7. The van der Waals surface area contributed by atoms with Gasteiger partial charge in [0.15, 0.2) is 5.65 Å². The molecule has 3 aromatic heterocycles. The third-order valence-electron chi connectivity index (χ3n) is 9.73. The molecule has 0 spiro atoms. The minimum absolute atomic E-state index is 0.116. The van der Waals surface area contributed by atoms with E-state index in [1.54, 1.807) is 42.8 Å². The Hall–Kier alpha value is -5.61. The Morgan fingerprint density at radius 3 is 2.67 bits per heavy atom. The Bertz CT molecular complexity index is 2070. The van der Waals surface area contributed by atoms with E-state index in [0.717, 1.165) is 47.9 Å². The molecule has 51 heavy (non-hydrogen) atoms. The number of hydrogen-bond acceptors (Lipinski definition) is 9. The summed E-state index contributed by atoms with van der Waals surface area (Å²) in [5, 5.41) is 38.8. The molecule has 13 nitrogen and oxygen atoms in total. The fraction of sp³-hybridized carbons (Fsp3) is 0.395. The maximum Gasteiger partial charge on any atom is 0.320 e. The number of carbonyl (C=O) groups excluding carboxylic acids is 1. The Labute approximate surface area is 296 Å². The molecule has 1 fully saturated rings. The Kier molecular flexibility index (Phi) is 9.51. The molecule has 264 valence electrons. The number of nitrogens with one attached hydrogen (secondary N) is 2. The fourth-order valence-corrected chi connectivity index (χ4v) is 6.92. The number of pyridine rings is 1. The number of aliphatic hydroxyl groups is 1. The molecule has 3 atom stereocenters. The van der Waals surface area contributed by atoms with Crippen molar-refractivity contribution in [2.45, 2.75) is 76.5 Å². The van der Waals surface area contributed by atoms with Gasteiger partial charge in [0.25, 0.3) is 0 Å². The highest BCUT2D eigenvalue weighted by Crippen LogP contribution is 2.39. The van der Waals surface area contributed by atoms with Crippen LogP contribution in [0.5, 0.6) is 11.5 Å². The molecule has 1 saturated heterocycles. The second-order valence-electron chi connectivity index (χ2n) is 13.7. The second-order valence-corrected chi connectivity index (χ2v) is 13.7. The number of nitrogens with zero attached hydrogens (tertiary/aromatic N) is 7. The topological polar surface area (TPSA) is 155 Å². The molecule has 5 aromatic rings. The smallest absolute Gasteiger partial charge is 0.320 e. The molecular weight excluding hydrogens is 646 g/mol. The van der Waals surface area contributed by atoms with Gasteiger partial charge in [0.05, 0.1) is 41.7 Å². The maximum absolute atomic E-state index is 13.6. The van der Waals surface area contributed by atoms with Crippen molar-refractivity contribution < 1.29 is 19.4 Å². The van der Waals surface area contributed by atoms with Crippen LogP contribution in [0, 0.1) is 11.3 Å². The average molecular weight is 690 g/mol. The Morgan fingerprint density at radius 1 is 1.02 bits per heavy atom. The van der Waals surface area contributed by atoms with Crippen LogP contribution in [-0.2, 0) is 5.41 Å². The normalized spacial score (nSPS) is 18.9. The van der Waals surface area contributed by atoms with Gasteiger partial charge in [-0.2, -0.15) is 10.4 Å². The zero-order chi connectivity index (χ0) is 35.5. The third-order valence-corrected chi connectivity index (χ3v) is 9.73. The van der Waals surface area contributed by atoms with Crippen LogP contribution in [0.3, 0.4) is 0 Å². The Balaban J connectivity index is 1.09. The van der Waals surface area contributed by atoms with E-state index in [1.807, 2.05) is 47.0 Å². The van der Waals surface area contributed by atoms with Crippen molar-refractivity contribution in [3.8, 4) is 23.3 Å². The largest absolute Gasteiger partial charge is 0.491 e. The van der Waals surface area contributed by atoms with Crippen LogP contribution in [0.15, 0.2) is 72.9 Å². The molecule has 13 heteroatoms. The van der Waals surface area contributed by atoms with Gasteiger partial charge >= 0.3 is 6.03 Å². The molecule has 0 radical (unpaired) electrons. The SMILES string of the molecule is C[C@H]1CCCCN1c1nnc2ccc(O[C@@H]3CC[C@H](NC(=O)Nc4cc(C(C)(C)C#N)nn4-c4cccc(OCCO)c4)c4ccccc43)cn12. The number of ether oxygens (including phenoxy) is 2. The molecule has 0 saturated carbocycles. The number of amides is 2. The van der Waals surface area contributed by atoms with Crippen molar-refractivity contribution in [2.24, 2.45) is 0 Å². The van der Waals surface area contributed by atoms with Crippen LogP contribution < -0.4 is 25.0 Å². The maximum atomic E-state index is 13.6. The standard InChI is InChI=1S/C38H43N9O4/c1-25-9-6-7-18-45(25)37-43-42-34-17-14-28(23-46(34)37)51-32-16-15-31(29-12-4-5-13-30(29)32)40-36(49)41-35-22-33(38(2,3)24-39)44-47(35)26-10-8-11-27(21-26)50-20-19-48/h4-5,8,10-14,17,21-23,25,31-32,48H,6-7,9,15-16,18-20H2,1-3H3,(H2,40,41,49)/t25-,31-,32+/m0/s1. The fourth-order valence-electron chi connectivity index (χ4n) is 6.92. The molecule has 3 N–H and O–H groups in total. The lowest BCUT2D eigenvalue weighted by atomic mass is 9.85. The number of aromatic nitrogens is 5. The quantitative estimate of drug-likeness (QED) is 0.155. The minimum atomic E-state index is -0.896. The van der Waals surface area contributed by atoms with E-state index in [4.69, 9.17) is 14.6 Å². The van der Waals surface area contributed by atoms with Crippen molar-refractivity contribution in [1.82, 2.24) is 29.7 Å². The minimum Gasteiger partial charge on any atom is -0.491 e. The number of nitriles is 1. The molecule has 7 rings (SSSR count). The number of hydrogen-bond donors (Lipinski definition) is 3. The molecule has 2 aliphatic rings. The van der Waals surface area contributed by atoms with Crippen LogP contribution >= 0.6 is 0 Å². The predicted molar refractivity (Wildman–Crippen MR) is 192 cm³/mol. The summed E-state index contributed by atoms with van der Waals surface area (Å²) >= 11 is 0. The first-order valence-corrected chi connectivity index (χ1v) is 17.5. The third kappa shape index (κ3) is 7.05. The summed E-state index contributed by atoms with van der Waals surface area (Å²) in [5.41, 5.74) is 3.03. The average Bonchev–Trinajstić information content (AvgIpc) is 3.77. The van der Waals surface area contributed by atoms with Gasteiger partial charge in [-0.05, 0) is 88.3 Å². The summed E-state index contributed by atoms with van der Waals surface area (Å²) in [6.07, 6.45) is 6.63. The number of anilines is 2. The molecular formula is C38H43N9O4. The molecule has 0 bridgehead atoms. The number of benzene rings is 2. The highest BCUT2D eigenvalue weighted by molar-refractivity contribution is 5.89. The number of carbonyl (C=O) groups is 1. The van der Waals surface area contributed by atoms with Gasteiger partial charge in [0.2, 0.25) is 5.95 Å². The second kappa shape index (κ2) is 14.3. The molecule has 2 aromatic carbocycles. The summed E-state index contributed by atoms with van der Waals surface area (Å²) in [4.78, 5) is 16.0. The zero-order valence-electron chi connectivity index (χ0n) is 29.1. The van der Waals surface area contributed by atoms with Crippen molar-refractivity contribution in [3.63, 3.8) is 0 Å². The summed E-state index contributed by atoms with van der Waals surface area (Å²) < 4.78 is 15.8. The summed E-state index contributed by atoms with van der Waals surface area (Å²) in [7, 11) is 0. The van der Waals surface area contributed by atoms with Crippen molar-refractivity contribution in [3.05, 3.63) is 89.7 Å². The highest BCUT2D eigenvalue weighted by atomic mass is 16.5. The number of aliphatic hydroxyl groups excluding tert-OH is 1. The molecule has 1 aliphatic heterocycles. The monoisotopic (exact) mass is 689 g/mol.